The highest BCUT2D eigenvalue weighted by Crippen LogP contribution is 2.36. The molecule has 0 aromatic rings. The van der Waals surface area contributed by atoms with Crippen molar-refractivity contribution < 1.29 is 47.7 Å². The van der Waals surface area contributed by atoms with Crippen LogP contribution in [-0.2, 0) is 18.9 Å². The van der Waals surface area contributed by atoms with Crippen LogP contribution >= 0.6 is 47.0 Å². The summed E-state index contributed by atoms with van der Waals surface area (Å²) in [6, 6.07) is -0.675. The number of rotatable bonds is 20. The number of urea groups is 2. The van der Waals surface area contributed by atoms with Gasteiger partial charge >= 0.3 is 33.3 Å². The van der Waals surface area contributed by atoms with Gasteiger partial charge in [-0.1, -0.05) is 48.6 Å². The highest BCUT2D eigenvalue weighted by atomic mass is 32.2. The molecule has 0 N–H and O–H groups in total. The molecule has 0 aromatic heterocycles. The summed E-state index contributed by atoms with van der Waals surface area (Å²) in [5.41, 5.74) is 0. The molecule has 0 bridgehead atoms. The van der Waals surface area contributed by atoms with Gasteiger partial charge in [-0.15, -0.1) is 0 Å². The summed E-state index contributed by atoms with van der Waals surface area (Å²) in [4.78, 5) is 86.6. The molecule has 4 amide bonds. The maximum absolute atomic E-state index is 14.4. The van der Waals surface area contributed by atoms with E-state index in [1.807, 2.05) is 0 Å². The molecule has 2 aliphatic heterocycles. The molecular weight excluding hydrogens is 873 g/mol. The number of thioether (sulfide) groups is 4. The van der Waals surface area contributed by atoms with Gasteiger partial charge < -0.3 is 18.9 Å². The lowest BCUT2D eigenvalue weighted by Crippen LogP contribution is -2.48. The molecule has 18 heteroatoms. The Morgan fingerprint density at radius 1 is 0.419 bits per heavy atom. The van der Waals surface area contributed by atoms with Crippen molar-refractivity contribution in [1.29, 1.82) is 0 Å². The van der Waals surface area contributed by atoms with Crippen LogP contribution in [0.1, 0.15) is 77.0 Å². The summed E-state index contributed by atoms with van der Waals surface area (Å²) in [7, 11) is 0. The van der Waals surface area contributed by atoms with Crippen LogP contribution in [0.2, 0.25) is 0 Å². The summed E-state index contributed by atoms with van der Waals surface area (Å²) >= 11 is 3.98. The van der Waals surface area contributed by atoms with Crippen LogP contribution in [0.3, 0.4) is 0 Å². The van der Waals surface area contributed by atoms with Crippen LogP contribution in [-0.4, -0.2) is 141 Å². The van der Waals surface area contributed by atoms with E-state index >= 15 is 0 Å². The van der Waals surface area contributed by atoms with Crippen LogP contribution in [0.5, 0.6) is 0 Å². The van der Waals surface area contributed by atoms with Gasteiger partial charge in [0.25, 0.3) is 0 Å². The Morgan fingerprint density at radius 3 is 0.871 bits per heavy atom. The first kappa shape index (κ1) is 48.2. The Hall–Kier alpha value is -3.22. The number of allylic oxidation sites excluding steroid dienone is 8. The maximum atomic E-state index is 14.4. The number of ether oxygens (including phenoxy) is 4. The summed E-state index contributed by atoms with van der Waals surface area (Å²) in [6.45, 7) is 1.95. The van der Waals surface area contributed by atoms with Crippen molar-refractivity contribution >= 4 is 80.3 Å². The quantitative estimate of drug-likeness (QED) is 0.0647. The predicted octanol–water partition coefficient (Wildman–Crippen LogP) is 10.0. The van der Waals surface area contributed by atoms with Gasteiger partial charge in [-0.3, -0.25) is 19.6 Å². The molecule has 62 heavy (non-hydrogen) atoms. The average Bonchev–Trinajstić information content (AvgIpc) is 3.72. The van der Waals surface area contributed by atoms with E-state index in [1.54, 1.807) is 19.6 Å². The van der Waals surface area contributed by atoms with E-state index in [1.165, 1.54) is 0 Å². The van der Waals surface area contributed by atoms with E-state index in [-0.39, 0.29) is 84.9 Å². The molecule has 6 aliphatic rings. The van der Waals surface area contributed by atoms with E-state index in [0.29, 0.717) is 26.4 Å². The lowest BCUT2D eigenvalue weighted by atomic mass is 9.95. The second-order valence-corrected chi connectivity index (χ2v) is 20.5. The van der Waals surface area contributed by atoms with Crippen LogP contribution in [0.25, 0.3) is 0 Å². The van der Waals surface area contributed by atoms with E-state index in [4.69, 9.17) is 18.9 Å². The molecule has 0 spiro atoms. The van der Waals surface area contributed by atoms with Gasteiger partial charge in [0.05, 0.1) is 26.4 Å². The zero-order chi connectivity index (χ0) is 43.5. The van der Waals surface area contributed by atoms with Crippen molar-refractivity contribution in [2.75, 3.05) is 75.6 Å². The van der Waals surface area contributed by atoms with Crippen molar-refractivity contribution in [3.63, 3.8) is 0 Å². The third-order valence-corrected chi connectivity index (χ3v) is 15.0. The predicted molar refractivity (Wildman–Crippen MR) is 246 cm³/mol. The zero-order valence-electron chi connectivity index (χ0n) is 35.6. The average molecular weight is 935 g/mol. The molecule has 342 valence electrons. The Morgan fingerprint density at radius 2 is 0.661 bits per heavy atom. The van der Waals surface area contributed by atoms with E-state index in [2.05, 4.69) is 48.6 Å². The summed E-state index contributed by atoms with van der Waals surface area (Å²) < 4.78 is 22.3. The molecule has 0 aromatic carbocycles. The van der Waals surface area contributed by atoms with Gasteiger partial charge in [0, 0.05) is 49.2 Å². The normalized spacial score (nSPS) is 25.6. The number of hydrogen-bond acceptors (Lipinski definition) is 14. The minimum Gasteiger partial charge on any atom is -0.457 e. The molecule has 0 radical (unpaired) electrons. The summed E-state index contributed by atoms with van der Waals surface area (Å²) in [6.07, 6.45) is 26.7. The molecule has 2 fully saturated rings. The van der Waals surface area contributed by atoms with Crippen molar-refractivity contribution in [3.8, 4) is 0 Å². The highest BCUT2D eigenvalue weighted by molar-refractivity contribution is 8.14. The smallest absolute Gasteiger partial charge is 0.367 e. The largest absolute Gasteiger partial charge is 0.457 e. The molecule has 6 rings (SSSR count). The minimum atomic E-state index is -0.751. The molecule has 14 nitrogen and oxygen atoms in total. The third-order valence-electron chi connectivity index (χ3n) is 12.0. The number of fused-ring (bicyclic) bond motifs is 1. The van der Waals surface area contributed by atoms with Crippen LogP contribution in [0, 0.1) is 23.7 Å². The molecule has 2 saturated heterocycles. The van der Waals surface area contributed by atoms with Gasteiger partial charge in [0.2, 0.25) is 0 Å². The van der Waals surface area contributed by atoms with E-state index in [0.717, 1.165) is 124 Å². The van der Waals surface area contributed by atoms with Gasteiger partial charge in [0.1, 0.15) is 12.3 Å². The van der Waals surface area contributed by atoms with E-state index in [9.17, 15) is 28.8 Å². The van der Waals surface area contributed by atoms with Crippen molar-refractivity contribution in [1.82, 2.24) is 19.6 Å². The molecule has 4 atom stereocenters. The van der Waals surface area contributed by atoms with Crippen molar-refractivity contribution in [2.45, 2.75) is 89.4 Å². The SMILES string of the molecule is O=C(OCC1CC=CCC1)SCCN1C(=O)N(CCSC(=O)OCC2CC=CCC2)C2C1N(CCSC(=O)OCC1CC=CCC1)C(=O)N2CCSC(=O)OCC1CC=CCC1. The third kappa shape index (κ3) is 14.9. The molecule has 0 saturated carbocycles. The van der Waals surface area contributed by atoms with Gasteiger partial charge in [-0.2, -0.15) is 0 Å². The van der Waals surface area contributed by atoms with Crippen LogP contribution in [0.4, 0.5) is 28.8 Å². The Balaban J connectivity index is 1.10. The van der Waals surface area contributed by atoms with Crippen molar-refractivity contribution in [2.24, 2.45) is 23.7 Å². The number of amides is 4. The summed E-state index contributed by atoms with van der Waals surface area (Å²) in [5, 5.41) is -1.66. The van der Waals surface area contributed by atoms with E-state index < -0.39 is 33.5 Å². The highest BCUT2D eigenvalue weighted by Gasteiger charge is 2.58. The van der Waals surface area contributed by atoms with Gasteiger partial charge in [-0.05, 0) is 148 Å². The number of carbonyl (C=O) groups excluding carboxylic acids is 6. The fourth-order valence-corrected chi connectivity index (χ4v) is 10.9. The molecule has 2 heterocycles. The standard InChI is InChI=1S/C44H62N4O10S4/c49-39-45(21-25-59-41(51)55-29-33-13-5-1-6-14-33)37-38(47(39)23-27-61-43(53)57-31-35-17-9-3-10-18-35)48(24-28-62-44(54)58-32-36-19-11-4-12-20-36)40(50)46(37)22-26-60-42(52)56-30-34-15-7-2-8-16-34/h1-5,7,9,11,33-38H,6,8,10,12-32H2. The van der Waals surface area contributed by atoms with Crippen molar-refractivity contribution in [3.05, 3.63) is 48.6 Å². The number of hydrogen-bond donors (Lipinski definition) is 0. The second kappa shape index (κ2) is 25.9. The van der Waals surface area contributed by atoms with Crippen LogP contribution in [0.15, 0.2) is 48.6 Å². The molecular formula is C44H62N4O10S4. The maximum Gasteiger partial charge on any atom is 0.367 e. The Labute approximate surface area is 383 Å². The number of nitrogens with zero attached hydrogens (tertiary/aromatic N) is 4. The van der Waals surface area contributed by atoms with Gasteiger partial charge in [0.15, 0.2) is 0 Å². The van der Waals surface area contributed by atoms with Gasteiger partial charge in [-0.25, -0.2) is 28.8 Å². The lowest BCUT2D eigenvalue weighted by molar-refractivity contribution is 0.135. The first-order valence-corrected chi connectivity index (χ1v) is 26.1. The Bertz CT molecular complexity index is 1430. The molecule has 4 aliphatic carbocycles. The fraction of sp³-hybridized carbons (Fsp3) is 0.682. The number of carbonyl (C=O) groups is 6. The zero-order valence-corrected chi connectivity index (χ0v) is 38.8. The summed E-state index contributed by atoms with van der Waals surface area (Å²) in [5.74, 6) is 2.10. The lowest BCUT2D eigenvalue weighted by Gasteiger charge is -2.29. The first-order valence-electron chi connectivity index (χ1n) is 22.2. The fourth-order valence-electron chi connectivity index (χ4n) is 8.52. The topological polar surface area (TPSA) is 152 Å². The first-order chi connectivity index (χ1) is 30.3. The monoisotopic (exact) mass is 934 g/mol. The minimum absolute atomic E-state index is 0.146. The Kier molecular flexibility index (Phi) is 20.2. The van der Waals surface area contributed by atoms with Crippen LogP contribution < -0.4 is 0 Å². The molecule has 4 unspecified atom stereocenters. The second-order valence-electron chi connectivity index (χ2n) is 16.4.